The number of benzene rings is 1. The van der Waals surface area contributed by atoms with E-state index in [9.17, 15) is 12.8 Å². The van der Waals surface area contributed by atoms with Crippen LogP contribution in [0.2, 0.25) is 0 Å². The summed E-state index contributed by atoms with van der Waals surface area (Å²) in [5.74, 6) is -0.428. The van der Waals surface area contributed by atoms with Gasteiger partial charge in [0, 0.05) is 17.1 Å². The van der Waals surface area contributed by atoms with Gasteiger partial charge in [-0.05, 0) is 62.0 Å². The second-order valence-electron chi connectivity index (χ2n) is 6.17. The molecule has 0 amide bonds. The number of sulfonamides is 1. The molecule has 0 spiro atoms. The third-order valence-electron chi connectivity index (χ3n) is 4.12. The molecule has 1 N–H and O–H groups in total. The third-order valence-corrected chi connectivity index (χ3v) is 6.51. The van der Waals surface area contributed by atoms with Crippen molar-refractivity contribution in [2.75, 3.05) is 6.54 Å². The van der Waals surface area contributed by atoms with Gasteiger partial charge in [-0.15, -0.1) is 11.3 Å². The quantitative estimate of drug-likeness (QED) is 0.696. The lowest BCUT2D eigenvalue weighted by atomic mass is 10.2. The van der Waals surface area contributed by atoms with E-state index in [1.807, 2.05) is 42.1 Å². The molecule has 0 aliphatic heterocycles. The highest BCUT2D eigenvalue weighted by Gasteiger charge is 2.22. The van der Waals surface area contributed by atoms with Gasteiger partial charge in [-0.3, -0.25) is 4.68 Å². The lowest BCUT2D eigenvalue weighted by Crippen LogP contribution is -2.32. The first-order valence-electron chi connectivity index (χ1n) is 8.10. The zero-order chi connectivity index (χ0) is 18.9. The molecule has 5 nitrogen and oxygen atoms in total. The molecule has 8 heteroatoms. The molecular formula is C18H20FN3O2S2. The molecule has 0 bridgehead atoms. The van der Waals surface area contributed by atoms with E-state index in [2.05, 4.69) is 9.82 Å². The number of hydrogen-bond acceptors (Lipinski definition) is 4. The van der Waals surface area contributed by atoms with Crippen LogP contribution in [-0.4, -0.2) is 24.7 Å². The first kappa shape index (κ1) is 18.8. The van der Waals surface area contributed by atoms with E-state index in [4.69, 9.17) is 0 Å². The molecule has 138 valence electrons. The predicted molar refractivity (Wildman–Crippen MR) is 100 cm³/mol. The Morgan fingerprint density at radius 1 is 1.23 bits per heavy atom. The fraction of sp³-hybridized carbons (Fsp3) is 0.278. The molecule has 0 aliphatic carbocycles. The number of nitrogens with zero attached hydrogens (tertiary/aromatic N) is 2. The van der Waals surface area contributed by atoms with E-state index >= 15 is 0 Å². The van der Waals surface area contributed by atoms with Crippen molar-refractivity contribution in [3.05, 3.63) is 69.4 Å². The average Bonchev–Trinajstić information content (AvgIpc) is 3.20. The van der Waals surface area contributed by atoms with Crippen molar-refractivity contribution in [1.29, 1.82) is 0 Å². The van der Waals surface area contributed by atoms with Gasteiger partial charge in [0.25, 0.3) is 0 Å². The van der Waals surface area contributed by atoms with E-state index in [0.29, 0.717) is 5.56 Å². The Labute approximate surface area is 156 Å². The van der Waals surface area contributed by atoms with Gasteiger partial charge in [-0.1, -0.05) is 6.07 Å². The maximum absolute atomic E-state index is 13.4. The van der Waals surface area contributed by atoms with Crippen LogP contribution in [0, 0.1) is 26.6 Å². The Kier molecular flexibility index (Phi) is 5.27. The largest absolute Gasteiger partial charge is 0.260 e. The maximum atomic E-state index is 13.4. The number of aryl methyl sites for hydroxylation is 3. The monoisotopic (exact) mass is 393 g/mol. The minimum absolute atomic E-state index is 0.0506. The Morgan fingerprint density at radius 2 is 2.00 bits per heavy atom. The van der Waals surface area contributed by atoms with Crippen molar-refractivity contribution in [3.63, 3.8) is 0 Å². The van der Waals surface area contributed by atoms with Crippen LogP contribution in [0.1, 0.15) is 27.9 Å². The summed E-state index contributed by atoms with van der Waals surface area (Å²) in [5.41, 5.74) is 2.13. The summed E-state index contributed by atoms with van der Waals surface area (Å²) in [5, 5.41) is 6.45. The Balaban J connectivity index is 1.88. The Morgan fingerprint density at radius 3 is 2.58 bits per heavy atom. The molecule has 1 aromatic carbocycles. The summed E-state index contributed by atoms with van der Waals surface area (Å²) in [4.78, 5) is 1.06. The van der Waals surface area contributed by atoms with Crippen molar-refractivity contribution in [1.82, 2.24) is 14.5 Å². The molecule has 1 unspecified atom stereocenters. The Hall–Kier alpha value is -2.03. The maximum Gasteiger partial charge on any atom is 0.240 e. The van der Waals surface area contributed by atoms with Crippen LogP contribution in [0.15, 0.2) is 46.7 Å². The normalized spacial score (nSPS) is 13.1. The van der Waals surface area contributed by atoms with E-state index in [-0.39, 0.29) is 17.5 Å². The van der Waals surface area contributed by atoms with Crippen molar-refractivity contribution < 1.29 is 12.8 Å². The molecule has 0 fully saturated rings. The molecule has 2 heterocycles. The minimum atomic E-state index is -3.75. The Bertz CT molecular complexity index is 1010. The molecule has 0 radical (unpaired) electrons. The van der Waals surface area contributed by atoms with Crippen molar-refractivity contribution >= 4 is 21.4 Å². The fourth-order valence-electron chi connectivity index (χ4n) is 2.81. The standard InChI is InChI=1S/C18H20FN3O2S2/c1-12-9-15(6-7-16(12)19)26(23,24)20-11-17(18-5-4-8-25-18)22-14(3)10-13(2)21-22/h4-10,17,20H,11H2,1-3H3. The molecule has 0 aliphatic rings. The van der Waals surface area contributed by atoms with E-state index in [1.54, 1.807) is 18.3 Å². The van der Waals surface area contributed by atoms with Crippen molar-refractivity contribution in [2.45, 2.75) is 31.7 Å². The number of halogens is 1. The summed E-state index contributed by atoms with van der Waals surface area (Å²) in [6.45, 7) is 5.54. The van der Waals surface area contributed by atoms with Crippen molar-refractivity contribution in [2.24, 2.45) is 0 Å². The number of hydrogen-bond donors (Lipinski definition) is 1. The SMILES string of the molecule is Cc1cc(C)n(C(CNS(=O)(=O)c2ccc(F)c(C)c2)c2cccs2)n1. The van der Waals surface area contributed by atoms with Crippen LogP contribution < -0.4 is 4.72 Å². The van der Waals surface area contributed by atoms with E-state index < -0.39 is 15.8 Å². The first-order valence-corrected chi connectivity index (χ1v) is 10.5. The van der Waals surface area contributed by atoms with Gasteiger partial charge in [-0.25, -0.2) is 17.5 Å². The van der Waals surface area contributed by atoms with Gasteiger partial charge >= 0.3 is 0 Å². The van der Waals surface area contributed by atoms with E-state index in [1.165, 1.54) is 18.2 Å². The topological polar surface area (TPSA) is 64.0 Å². The highest BCUT2D eigenvalue weighted by atomic mass is 32.2. The van der Waals surface area contributed by atoms with Crippen LogP contribution in [0.5, 0.6) is 0 Å². The van der Waals surface area contributed by atoms with E-state index in [0.717, 1.165) is 16.3 Å². The van der Waals surface area contributed by atoms with Gasteiger partial charge in [0.2, 0.25) is 10.0 Å². The second kappa shape index (κ2) is 7.30. The fourth-order valence-corrected chi connectivity index (χ4v) is 4.74. The van der Waals surface area contributed by atoms with Crippen LogP contribution >= 0.6 is 11.3 Å². The van der Waals surface area contributed by atoms with Gasteiger partial charge < -0.3 is 0 Å². The van der Waals surface area contributed by atoms with Crippen LogP contribution in [-0.2, 0) is 10.0 Å². The number of rotatable bonds is 6. The highest BCUT2D eigenvalue weighted by Crippen LogP contribution is 2.25. The minimum Gasteiger partial charge on any atom is -0.260 e. The number of thiophene rings is 1. The molecule has 2 aromatic heterocycles. The predicted octanol–water partition coefficient (Wildman–Crippen LogP) is 3.58. The lowest BCUT2D eigenvalue weighted by molar-refractivity contribution is 0.499. The van der Waals surface area contributed by atoms with Gasteiger partial charge in [0.15, 0.2) is 0 Å². The third kappa shape index (κ3) is 3.87. The molecule has 0 saturated carbocycles. The van der Waals surface area contributed by atoms with Gasteiger partial charge in [0.1, 0.15) is 5.82 Å². The summed E-state index contributed by atoms with van der Waals surface area (Å²) in [6.07, 6.45) is 0. The number of nitrogens with one attached hydrogen (secondary N) is 1. The summed E-state index contributed by atoms with van der Waals surface area (Å²) < 4.78 is 43.2. The lowest BCUT2D eigenvalue weighted by Gasteiger charge is -2.19. The van der Waals surface area contributed by atoms with Crippen molar-refractivity contribution in [3.8, 4) is 0 Å². The molecule has 3 aromatic rings. The molecule has 3 rings (SSSR count). The highest BCUT2D eigenvalue weighted by molar-refractivity contribution is 7.89. The molecule has 0 saturated heterocycles. The van der Waals surface area contributed by atoms with Crippen LogP contribution in [0.3, 0.4) is 0 Å². The molecule has 26 heavy (non-hydrogen) atoms. The zero-order valence-electron chi connectivity index (χ0n) is 14.7. The molecular weight excluding hydrogens is 373 g/mol. The number of aromatic nitrogens is 2. The summed E-state index contributed by atoms with van der Waals surface area (Å²) >= 11 is 1.55. The molecule has 1 atom stereocenters. The smallest absolute Gasteiger partial charge is 0.240 e. The van der Waals surface area contributed by atoms with Crippen LogP contribution in [0.25, 0.3) is 0 Å². The van der Waals surface area contributed by atoms with Gasteiger partial charge in [-0.2, -0.15) is 5.10 Å². The first-order chi connectivity index (χ1) is 12.3. The summed E-state index contributed by atoms with van der Waals surface area (Å²) in [7, 11) is -3.75. The average molecular weight is 394 g/mol. The zero-order valence-corrected chi connectivity index (χ0v) is 16.4. The van der Waals surface area contributed by atoms with Crippen LogP contribution in [0.4, 0.5) is 4.39 Å². The second-order valence-corrected chi connectivity index (χ2v) is 8.91. The summed E-state index contributed by atoms with van der Waals surface area (Å²) in [6, 6.07) is 9.37. The van der Waals surface area contributed by atoms with Gasteiger partial charge in [0.05, 0.1) is 16.6 Å².